The number of furan rings is 1. The Balaban J connectivity index is 1.67. The zero-order chi connectivity index (χ0) is 21.2. The molecule has 0 spiro atoms. The van der Waals surface area contributed by atoms with E-state index in [0.717, 1.165) is 44.2 Å². The number of hydrogen-bond acceptors (Lipinski definition) is 4. The van der Waals surface area contributed by atoms with Crippen LogP contribution >= 0.6 is 11.3 Å². The van der Waals surface area contributed by atoms with E-state index >= 15 is 0 Å². The van der Waals surface area contributed by atoms with Crippen molar-refractivity contribution >= 4 is 28.0 Å². The van der Waals surface area contributed by atoms with E-state index in [9.17, 15) is 0 Å². The van der Waals surface area contributed by atoms with E-state index in [1.54, 1.807) is 18.4 Å². The van der Waals surface area contributed by atoms with Gasteiger partial charge in [0.2, 0.25) is 0 Å². The van der Waals surface area contributed by atoms with Crippen LogP contribution in [0.3, 0.4) is 0 Å². The van der Waals surface area contributed by atoms with Crippen LogP contribution in [0.2, 0.25) is 0 Å². The molecule has 0 aliphatic carbocycles. The van der Waals surface area contributed by atoms with Crippen molar-refractivity contribution in [2.45, 2.75) is 13.5 Å². The molecular formula is C26H22N2O2S. The van der Waals surface area contributed by atoms with Crippen LogP contribution in [-0.4, -0.2) is 11.7 Å². The van der Waals surface area contributed by atoms with Crippen LogP contribution in [0.1, 0.15) is 11.1 Å². The molecule has 0 bridgehead atoms. The fourth-order valence-corrected chi connectivity index (χ4v) is 4.52. The zero-order valence-electron chi connectivity index (χ0n) is 17.4. The Labute approximate surface area is 184 Å². The van der Waals surface area contributed by atoms with Gasteiger partial charge in [0.1, 0.15) is 11.3 Å². The fourth-order valence-electron chi connectivity index (χ4n) is 3.61. The summed E-state index contributed by atoms with van der Waals surface area (Å²) < 4.78 is 14.0. The van der Waals surface area contributed by atoms with Gasteiger partial charge >= 0.3 is 0 Å². The lowest BCUT2D eigenvalue weighted by Gasteiger charge is -2.11. The maximum absolute atomic E-state index is 6.18. The van der Waals surface area contributed by atoms with Gasteiger partial charge in [0.15, 0.2) is 10.6 Å². The van der Waals surface area contributed by atoms with Gasteiger partial charge < -0.3 is 13.7 Å². The number of para-hydroxylation sites is 2. The Morgan fingerprint density at radius 3 is 2.55 bits per heavy atom. The average molecular weight is 427 g/mol. The topological polar surface area (TPSA) is 39.7 Å². The third kappa shape index (κ3) is 3.92. The van der Waals surface area contributed by atoms with Gasteiger partial charge in [-0.05, 0) is 37.3 Å². The predicted molar refractivity (Wildman–Crippen MR) is 126 cm³/mol. The molecule has 31 heavy (non-hydrogen) atoms. The molecule has 2 heterocycles. The third-order valence-corrected chi connectivity index (χ3v) is 6.12. The van der Waals surface area contributed by atoms with Gasteiger partial charge in [0.25, 0.3) is 0 Å². The van der Waals surface area contributed by atoms with E-state index in [1.807, 2.05) is 48.5 Å². The van der Waals surface area contributed by atoms with Crippen LogP contribution < -0.4 is 9.54 Å². The Bertz CT molecular complexity index is 1370. The molecule has 0 saturated carbocycles. The normalized spacial score (nSPS) is 11.9. The lowest BCUT2D eigenvalue weighted by molar-refractivity contribution is 0.408. The number of methoxy groups -OCH3 is 1. The highest BCUT2D eigenvalue weighted by molar-refractivity contribution is 7.07. The van der Waals surface area contributed by atoms with E-state index in [1.165, 1.54) is 5.56 Å². The molecule has 154 valence electrons. The quantitative estimate of drug-likeness (QED) is 0.319. The van der Waals surface area contributed by atoms with Gasteiger partial charge in [-0.15, -0.1) is 11.3 Å². The number of aryl methyl sites for hydroxylation is 1. The lowest BCUT2D eigenvalue weighted by Crippen LogP contribution is -2.17. The number of aromatic nitrogens is 1. The molecule has 0 fully saturated rings. The van der Waals surface area contributed by atoms with Gasteiger partial charge in [0, 0.05) is 16.3 Å². The summed E-state index contributed by atoms with van der Waals surface area (Å²) in [5.74, 6) is 1.69. The van der Waals surface area contributed by atoms with Gasteiger partial charge in [-0.25, -0.2) is 4.99 Å². The number of thiazole rings is 1. The van der Waals surface area contributed by atoms with Crippen molar-refractivity contribution in [1.29, 1.82) is 0 Å². The first-order valence-corrected chi connectivity index (χ1v) is 11.0. The summed E-state index contributed by atoms with van der Waals surface area (Å²) >= 11 is 1.61. The second kappa shape index (κ2) is 8.28. The highest BCUT2D eigenvalue weighted by atomic mass is 32.1. The average Bonchev–Trinajstić information content (AvgIpc) is 3.39. The SMILES string of the molecule is COc1ccccc1Cn1c(-c2cc3ccccc3o2)csc1=Nc1ccc(C)cc1. The van der Waals surface area contributed by atoms with E-state index in [-0.39, 0.29) is 0 Å². The summed E-state index contributed by atoms with van der Waals surface area (Å²) in [6.07, 6.45) is 0. The number of hydrogen-bond donors (Lipinski definition) is 0. The summed E-state index contributed by atoms with van der Waals surface area (Å²) in [5.41, 5.74) is 5.11. The van der Waals surface area contributed by atoms with Crippen molar-refractivity contribution in [2.75, 3.05) is 7.11 Å². The van der Waals surface area contributed by atoms with Crippen molar-refractivity contribution < 1.29 is 9.15 Å². The molecule has 0 saturated heterocycles. The predicted octanol–water partition coefficient (Wildman–Crippen LogP) is 6.56. The smallest absolute Gasteiger partial charge is 0.190 e. The number of benzene rings is 3. The summed E-state index contributed by atoms with van der Waals surface area (Å²) in [6.45, 7) is 2.71. The summed E-state index contributed by atoms with van der Waals surface area (Å²) in [6, 6.07) is 26.5. The minimum Gasteiger partial charge on any atom is -0.496 e. The van der Waals surface area contributed by atoms with Gasteiger partial charge in [-0.1, -0.05) is 54.1 Å². The number of fused-ring (bicyclic) bond motifs is 1. The second-order valence-electron chi connectivity index (χ2n) is 7.40. The van der Waals surface area contributed by atoms with Crippen molar-refractivity contribution in [3.05, 3.63) is 100 Å². The zero-order valence-corrected chi connectivity index (χ0v) is 18.2. The number of ether oxygens (including phenoxy) is 1. The van der Waals surface area contributed by atoms with Crippen LogP contribution in [0.5, 0.6) is 5.75 Å². The van der Waals surface area contributed by atoms with E-state index in [2.05, 4.69) is 47.2 Å². The fraction of sp³-hybridized carbons (Fsp3) is 0.115. The van der Waals surface area contributed by atoms with Crippen molar-refractivity contribution in [2.24, 2.45) is 4.99 Å². The van der Waals surface area contributed by atoms with Gasteiger partial charge in [0.05, 0.1) is 25.0 Å². The molecule has 2 aromatic heterocycles. The molecule has 0 unspecified atom stereocenters. The largest absolute Gasteiger partial charge is 0.496 e. The monoisotopic (exact) mass is 426 g/mol. The minimum absolute atomic E-state index is 0.630. The van der Waals surface area contributed by atoms with E-state index in [4.69, 9.17) is 14.1 Å². The highest BCUT2D eigenvalue weighted by Crippen LogP contribution is 2.29. The Hall–Kier alpha value is -3.57. The van der Waals surface area contributed by atoms with Crippen LogP contribution in [-0.2, 0) is 6.54 Å². The molecule has 3 aromatic carbocycles. The van der Waals surface area contributed by atoms with Gasteiger partial charge in [-0.2, -0.15) is 0 Å². The molecule has 0 radical (unpaired) electrons. The van der Waals surface area contributed by atoms with Crippen molar-refractivity contribution in [1.82, 2.24) is 4.57 Å². The Morgan fingerprint density at radius 2 is 1.74 bits per heavy atom. The third-order valence-electron chi connectivity index (χ3n) is 5.26. The first-order chi connectivity index (χ1) is 15.2. The van der Waals surface area contributed by atoms with Crippen LogP contribution in [0.15, 0.2) is 93.7 Å². The molecule has 5 aromatic rings. The first kappa shape index (κ1) is 19.4. The Morgan fingerprint density at radius 1 is 0.968 bits per heavy atom. The Kier molecular flexibility index (Phi) is 5.18. The maximum atomic E-state index is 6.18. The molecule has 0 aliphatic heterocycles. The van der Waals surface area contributed by atoms with Crippen LogP contribution in [0.25, 0.3) is 22.4 Å². The van der Waals surface area contributed by atoms with Crippen LogP contribution in [0.4, 0.5) is 5.69 Å². The summed E-state index contributed by atoms with van der Waals surface area (Å²) in [5, 5.41) is 3.20. The lowest BCUT2D eigenvalue weighted by atomic mass is 10.2. The van der Waals surface area contributed by atoms with Crippen molar-refractivity contribution in [3.63, 3.8) is 0 Å². The minimum atomic E-state index is 0.630. The highest BCUT2D eigenvalue weighted by Gasteiger charge is 2.15. The molecule has 0 atom stereocenters. The summed E-state index contributed by atoms with van der Waals surface area (Å²) in [7, 11) is 1.70. The van der Waals surface area contributed by atoms with Crippen LogP contribution in [0, 0.1) is 6.92 Å². The van der Waals surface area contributed by atoms with E-state index in [0.29, 0.717) is 6.54 Å². The van der Waals surface area contributed by atoms with Gasteiger partial charge in [-0.3, -0.25) is 0 Å². The van der Waals surface area contributed by atoms with Crippen molar-refractivity contribution in [3.8, 4) is 17.2 Å². The second-order valence-corrected chi connectivity index (χ2v) is 8.23. The first-order valence-electron chi connectivity index (χ1n) is 10.1. The molecule has 0 amide bonds. The standard InChI is InChI=1S/C26H22N2O2S/c1-18-11-13-21(14-12-18)27-26-28(16-20-8-4-5-9-23(20)29-2)22(17-31-26)25-15-19-7-3-6-10-24(19)30-25/h3-15,17H,16H2,1-2H3. The number of nitrogens with zero attached hydrogens (tertiary/aromatic N) is 2. The molecule has 4 nitrogen and oxygen atoms in total. The molecule has 0 N–H and O–H groups in total. The molecule has 5 heteroatoms. The number of rotatable bonds is 5. The molecular weight excluding hydrogens is 404 g/mol. The maximum Gasteiger partial charge on any atom is 0.190 e. The molecule has 0 aliphatic rings. The molecule has 5 rings (SSSR count). The summed E-state index contributed by atoms with van der Waals surface area (Å²) in [4.78, 5) is 5.84. The van der Waals surface area contributed by atoms with E-state index < -0.39 is 0 Å².